The van der Waals surface area contributed by atoms with Gasteiger partial charge in [-0.05, 0) is 7.05 Å². The molecule has 1 N–H and O–H groups in total. The third-order valence-electron chi connectivity index (χ3n) is 2.93. The van der Waals surface area contributed by atoms with Crippen LogP contribution in [0.1, 0.15) is 0 Å². The second kappa shape index (κ2) is 4.95. The molecule has 1 aliphatic heterocycles. The highest BCUT2D eigenvalue weighted by molar-refractivity contribution is 6.29. The minimum atomic E-state index is 0.155. The number of hydrogen-bond acceptors (Lipinski definition) is 5. The Morgan fingerprint density at radius 1 is 1.50 bits per heavy atom. The van der Waals surface area contributed by atoms with E-state index in [4.69, 9.17) is 11.6 Å². The van der Waals surface area contributed by atoms with Gasteiger partial charge in [0.1, 0.15) is 17.3 Å². The first kappa shape index (κ1) is 11.6. The monoisotopic (exact) mass is 242 g/mol. The van der Waals surface area contributed by atoms with Gasteiger partial charge in [0.05, 0.1) is 12.6 Å². The van der Waals surface area contributed by atoms with Crippen molar-refractivity contribution in [2.45, 2.75) is 6.04 Å². The predicted molar refractivity (Wildman–Crippen MR) is 62.8 cm³/mol. The van der Waals surface area contributed by atoms with E-state index in [1.165, 1.54) is 6.33 Å². The predicted octanol–water partition coefficient (Wildman–Crippen LogP) is 0.243. The van der Waals surface area contributed by atoms with Crippen molar-refractivity contribution in [1.29, 1.82) is 0 Å². The van der Waals surface area contributed by atoms with Gasteiger partial charge in [0.25, 0.3) is 0 Å². The Hall–Kier alpha value is -0.910. The van der Waals surface area contributed by atoms with Crippen molar-refractivity contribution >= 4 is 17.4 Å². The molecule has 6 heteroatoms. The van der Waals surface area contributed by atoms with E-state index < -0.39 is 0 Å². The SMILES string of the molecule is CN1CCN(c2cc(Cl)ncn2)CC1CO. The highest BCUT2D eigenvalue weighted by Crippen LogP contribution is 2.17. The summed E-state index contributed by atoms with van der Waals surface area (Å²) in [6.45, 7) is 2.72. The number of hydrogen-bond donors (Lipinski definition) is 1. The molecule has 0 bridgehead atoms. The average Bonchev–Trinajstić information content (AvgIpc) is 2.29. The second-order valence-electron chi connectivity index (χ2n) is 3.96. The first-order chi connectivity index (χ1) is 7.70. The molecule has 88 valence electrons. The van der Waals surface area contributed by atoms with E-state index in [1.54, 1.807) is 6.07 Å². The van der Waals surface area contributed by atoms with Crippen molar-refractivity contribution in [2.24, 2.45) is 0 Å². The third-order valence-corrected chi connectivity index (χ3v) is 3.14. The highest BCUT2D eigenvalue weighted by atomic mass is 35.5. The van der Waals surface area contributed by atoms with Gasteiger partial charge in [0, 0.05) is 25.7 Å². The van der Waals surface area contributed by atoms with Gasteiger partial charge in [-0.15, -0.1) is 0 Å². The van der Waals surface area contributed by atoms with Crippen LogP contribution in [-0.4, -0.2) is 59.3 Å². The number of aliphatic hydroxyl groups is 1. The van der Waals surface area contributed by atoms with Crippen molar-refractivity contribution in [1.82, 2.24) is 14.9 Å². The molecule has 1 saturated heterocycles. The van der Waals surface area contributed by atoms with Crippen LogP contribution in [0.2, 0.25) is 5.15 Å². The van der Waals surface area contributed by atoms with E-state index in [9.17, 15) is 5.11 Å². The maximum atomic E-state index is 9.25. The molecule has 1 unspecified atom stereocenters. The van der Waals surface area contributed by atoms with Crippen LogP contribution in [0.4, 0.5) is 5.82 Å². The van der Waals surface area contributed by atoms with E-state index in [-0.39, 0.29) is 12.6 Å². The van der Waals surface area contributed by atoms with E-state index in [1.807, 2.05) is 7.05 Å². The van der Waals surface area contributed by atoms with E-state index in [0.717, 1.165) is 25.5 Å². The lowest BCUT2D eigenvalue weighted by atomic mass is 10.2. The van der Waals surface area contributed by atoms with Gasteiger partial charge in [-0.2, -0.15) is 0 Å². The standard InChI is InChI=1S/C10H15ClN4O/c1-14-2-3-15(5-8(14)6-16)10-4-9(11)12-7-13-10/h4,7-8,16H,2-3,5-6H2,1H3. The smallest absolute Gasteiger partial charge is 0.134 e. The van der Waals surface area contributed by atoms with Gasteiger partial charge >= 0.3 is 0 Å². The molecule has 0 radical (unpaired) electrons. The number of halogens is 1. The van der Waals surface area contributed by atoms with Gasteiger partial charge < -0.3 is 10.0 Å². The van der Waals surface area contributed by atoms with Crippen LogP contribution in [0.25, 0.3) is 0 Å². The zero-order valence-corrected chi connectivity index (χ0v) is 9.93. The number of likely N-dealkylation sites (N-methyl/N-ethyl adjacent to an activating group) is 1. The fraction of sp³-hybridized carbons (Fsp3) is 0.600. The Labute approximate surface area is 99.7 Å². The lowest BCUT2D eigenvalue weighted by Crippen LogP contribution is -2.53. The summed E-state index contributed by atoms with van der Waals surface area (Å²) >= 11 is 5.83. The molecule has 1 atom stereocenters. The average molecular weight is 243 g/mol. The molecule has 2 rings (SSSR count). The molecule has 1 fully saturated rings. The van der Waals surface area contributed by atoms with Gasteiger partial charge in [-0.3, -0.25) is 4.90 Å². The fourth-order valence-electron chi connectivity index (χ4n) is 1.85. The Bertz CT molecular complexity index is 362. The van der Waals surface area contributed by atoms with Crippen molar-refractivity contribution in [3.8, 4) is 0 Å². The Balaban J connectivity index is 2.11. The summed E-state index contributed by atoms with van der Waals surface area (Å²) in [6.07, 6.45) is 1.46. The molecule has 1 aliphatic rings. The molecule has 0 amide bonds. The summed E-state index contributed by atoms with van der Waals surface area (Å²) in [7, 11) is 2.02. The summed E-state index contributed by atoms with van der Waals surface area (Å²) in [5.74, 6) is 0.826. The summed E-state index contributed by atoms with van der Waals surface area (Å²) in [5, 5.41) is 9.70. The maximum Gasteiger partial charge on any atom is 0.134 e. The highest BCUT2D eigenvalue weighted by Gasteiger charge is 2.24. The van der Waals surface area contributed by atoms with Crippen LogP contribution in [0.15, 0.2) is 12.4 Å². The maximum absolute atomic E-state index is 9.25. The van der Waals surface area contributed by atoms with Crippen molar-refractivity contribution in [3.63, 3.8) is 0 Å². The Morgan fingerprint density at radius 2 is 2.31 bits per heavy atom. The van der Waals surface area contributed by atoms with Crippen LogP contribution >= 0.6 is 11.6 Å². The van der Waals surface area contributed by atoms with Crippen molar-refractivity contribution in [2.75, 3.05) is 38.2 Å². The van der Waals surface area contributed by atoms with Crippen LogP contribution < -0.4 is 4.90 Å². The molecule has 1 aromatic heterocycles. The van der Waals surface area contributed by atoms with Crippen LogP contribution in [0.5, 0.6) is 0 Å². The fourth-order valence-corrected chi connectivity index (χ4v) is 1.99. The molecule has 0 spiro atoms. The molecule has 0 saturated carbocycles. The number of nitrogens with zero attached hydrogens (tertiary/aromatic N) is 4. The lowest BCUT2D eigenvalue weighted by molar-refractivity contribution is 0.135. The van der Waals surface area contributed by atoms with Gasteiger partial charge in [-0.1, -0.05) is 11.6 Å². The van der Waals surface area contributed by atoms with Crippen molar-refractivity contribution in [3.05, 3.63) is 17.5 Å². The van der Waals surface area contributed by atoms with Gasteiger partial charge in [0.2, 0.25) is 0 Å². The van der Waals surface area contributed by atoms with E-state index >= 15 is 0 Å². The van der Waals surface area contributed by atoms with Crippen LogP contribution in [0.3, 0.4) is 0 Å². The third kappa shape index (κ3) is 2.42. The molecule has 5 nitrogen and oxygen atoms in total. The summed E-state index contributed by atoms with van der Waals surface area (Å²) in [5.41, 5.74) is 0. The molecule has 0 aliphatic carbocycles. The topological polar surface area (TPSA) is 52.5 Å². The molecule has 0 aromatic carbocycles. The normalized spacial score (nSPS) is 22.4. The quantitative estimate of drug-likeness (QED) is 0.754. The van der Waals surface area contributed by atoms with E-state index in [0.29, 0.717) is 5.15 Å². The molecule has 1 aromatic rings. The molecular weight excluding hydrogens is 228 g/mol. The van der Waals surface area contributed by atoms with Crippen LogP contribution in [0, 0.1) is 0 Å². The zero-order chi connectivity index (χ0) is 11.5. The lowest BCUT2D eigenvalue weighted by Gasteiger charge is -2.39. The summed E-state index contributed by atoms with van der Waals surface area (Å²) in [6, 6.07) is 1.91. The first-order valence-electron chi connectivity index (χ1n) is 5.24. The molecule has 2 heterocycles. The first-order valence-corrected chi connectivity index (χ1v) is 5.62. The number of piperazine rings is 1. The van der Waals surface area contributed by atoms with Gasteiger partial charge in [-0.25, -0.2) is 9.97 Å². The largest absolute Gasteiger partial charge is 0.395 e. The number of aliphatic hydroxyl groups excluding tert-OH is 1. The minimum absolute atomic E-state index is 0.155. The Kier molecular flexibility index (Phi) is 3.58. The second-order valence-corrected chi connectivity index (χ2v) is 4.35. The minimum Gasteiger partial charge on any atom is -0.395 e. The van der Waals surface area contributed by atoms with Crippen LogP contribution in [-0.2, 0) is 0 Å². The van der Waals surface area contributed by atoms with Gasteiger partial charge in [0.15, 0.2) is 0 Å². The number of aromatic nitrogens is 2. The van der Waals surface area contributed by atoms with E-state index in [2.05, 4.69) is 19.8 Å². The Morgan fingerprint density at radius 3 is 3.00 bits per heavy atom. The number of rotatable bonds is 2. The zero-order valence-electron chi connectivity index (χ0n) is 9.17. The number of anilines is 1. The molecular formula is C10H15ClN4O. The summed E-state index contributed by atoms with van der Waals surface area (Å²) < 4.78 is 0. The molecule has 16 heavy (non-hydrogen) atoms. The van der Waals surface area contributed by atoms with Crippen molar-refractivity contribution < 1.29 is 5.11 Å². The summed E-state index contributed by atoms with van der Waals surface area (Å²) in [4.78, 5) is 12.3.